The number of ether oxygens (including phenoxy) is 4. The third-order valence-corrected chi connectivity index (χ3v) is 8.24. The van der Waals surface area contributed by atoms with Gasteiger partial charge in [0, 0.05) is 56.7 Å². The van der Waals surface area contributed by atoms with Crippen LogP contribution in [0.4, 0.5) is 10.5 Å². The second-order valence-corrected chi connectivity index (χ2v) is 11.2. The SMILES string of the molecule is O=C(NCc1ccccc1)Nc1ccc([C@@H]2O[C@H](CN3CCC4(CC3)OCCO4)C[C@H](c3ccc(CO)cc3)O2)cc1. The van der Waals surface area contributed by atoms with E-state index in [-0.39, 0.29) is 24.8 Å². The van der Waals surface area contributed by atoms with Gasteiger partial charge in [-0.1, -0.05) is 66.7 Å². The van der Waals surface area contributed by atoms with Crippen LogP contribution in [0.2, 0.25) is 0 Å². The Bertz CT molecular complexity index is 1290. The van der Waals surface area contributed by atoms with Gasteiger partial charge in [0.05, 0.1) is 32.0 Å². The highest BCUT2D eigenvalue weighted by Gasteiger charge is 2.41. The number of likely N-dealkylation sites (tertiary alicyclic amines) is 1. The van der Waals surface area contributed by atoms with Crippen LogP contribution in [0, 0.1) is 0 Å². The summed E-state index contributed by atoms with van der Waals surface area (Å²) in [6, 6.07) is 25.1. The van der Waals surface area contributed by atoms with Crippen molar-refractivity contribution in [2.75, 3.05) is 38.2 Å². The van der Waals surface area contributed by atoms with Crippen molar-refractivity contribution in [3.05, 3.63) is 101 Å². The van der Waals surface area contributed by atoms with Crippen LogP contribution in [0.5, 0.6) is 0 Å². The summed E-state index contributed by atoms with van der Waals surface area (Å²) in [5.41, 5.74) is 4.54. The zero-order valence-electron chi connectivity index (χ0n) is 23.7. The zero-order valence-corrected chi connectivity index (χ0v) is 23.7. The molecular weight excluding hydrogens is 534 g/mol. The third-order valence-electron chi connectivity index (χ3n) is 8.24. The van der Waals surface area contributed by atoms with Gasteiger partial charge in [-0.25, -0.2) is 4.79 Å². The van der Waals surface area contributed by atoms with E-state index >= 15 is 0 Å². The van der Waals surface area contributed by atoms with E-state index in [1.165, 1.54) is 0 Å². The van der Waals surface area contributed by atoms with Crippen LogP contribution < -0.4 is 10.6 Å². The number of benzene rings is 3. The van der Waals surface area contributed by atoms with Gasteiger partial charge in [-0.05, 0) is 28.8 Å². The number of amides is 2. The molecule has 3 saturated heterocycles. The Morgan fingerprint density at radius 3 is 2.24 bits per heavy atom. The number of carbonyl (C=O) groups excluding carboxylic acids is 1. The summed E-state index contributed by atoms with van der Waals surface area (Å²) in [5.74, 6) is -0.402. The van der Waals surface area contributed by atoms with Crippen molar-refractivity contribution in [3.8, 4) is 0 Å². The van der Waals surface area contributed by atoms with Crippen molar-refractivity contribution in [1.29, 1.82) is 0 Å². The van der Waals surface area contributed by atoms with Gasteiger partial charge >= 0.3 is 6.03 Å². The van der Waals surface area contributed by atoms with Gasteiger partial charge in [0.15, 0.2) is 12.1 Å². The van der Waals surface area contributed by atoms with Gasteiger partial charge in [-0.3, -0.25) is 0 Å². The van der Waals surface area contributed by atoms with Gasteiger partial charge in [0.25, 0.3) is 0 Å². The fraction of sp³-hybridized carbons (Fsp3) is 0.424. The number of anilines is 1. The van der Waals surface area contributed by atoms with E-state index < -0.39 is 12.1 Å². The maximum Gasteiger partial charge on any atom is 0.319 e. The van der Waals surface area contributed by atoms with Gasteiger partial charge in [-0.15, -0.1) is 0 Å². The summed E-state index contributed by atoms with van der Waals surface area (Å²) in [7, 11) is 0. The first-order valence-electron chi connectivity index (χ1n) is 14.8. The highest BCUT2D eigenvalue weighted by Crippen LogP contribution is 2.39. The van der Waals surface area contributed by atoms with Gasteiger partial charge in [0.1, 0.15) is 0 Å². The smallest absolute Gasteiger partial charge is 0.319 e. The van der Waals surface area contributed by atoms with E-state index in [1.54, 1.807) is 0 Å². The Labute approximate surface area is 246 Å². The summed E-state index contributed by atoms with van der Waals surface area (Å²) in [6.07, 6.45) is 1.71. The Hall–Kier alpha value is -3.31. The standard InChI is InChI=1S/C33H39N3O6/c37-23-25-6-8-26(9-7-25)30-20-29(22-36-16-14-33(15-17-36)39-18-19-40-33)41-31(42-30)27-10-12-28(13-11-27)35-32(38)34-21-24-4-2-1-3-5-24/h1-13,29-31,37H,14-23H2,(H2,34,35,38)/t29-,30+,31+/m0/s1. The third kappa shape index (κ3) is 7.18. The lowest BCUT2D eigenvalue weighted by Crippen LogP contribution is -2.48. The Balaban J connectivity index is 1.10. The molecule has 2 amide bonds. The van der Waals surface area contributed by atoms with E-state index in [1.807, 2.05) is 78.9 Å². The molecule has 9 nitrogen and oxygen atoms in total. The summed E-state index contributed by atoms with van der Waals surface area (Å²) in [4.78, 5) is 14.9. The number of aliphatic hydroxyl groups excluding tert-OH is 1. The Morgan fingerprint density at radius 1 is 0.857 bits per heavy atom. The average Bonchev–Trinajstić information content (AvgIpc) is 3.50. The minimum Gasteiger partial charge on any atom is -0.392 e. The van der Waals surface area contributed by atoms with Crippen molar-refractivity contribution >= 4 is 11.7 Å². The van der Waals surface area contributed by atoms with E-state index in [0.29, 0.717) is 25.4 Å². The second kappa shape index (κ2) is 13.3. The molecule has 3 aliphatic heterocycles. The molecule has 1 spiro atoms. The predicted octanol–water partition coefficient (Wildman–Crippen LogP) is 4.88. The number of carbonyl (C=O) groups is 1. The topological polar surface area (TPSA) is 102 Å². The molecule has 3 aliphatic rings. The highest BCUT2D eigenvalue weighted by atomic mass is 16.7. The molecule has 3 fully saturated rings. The molecule has 0 aromatic heterocycles. The molecular formula is C33H39N3O6. The number of hydrogen-bond donors (Lipinski definition) is 3. The molecule has 0 radical (unpaired) electrons. The van der Waals surface area contributed by atoms with Gasteiger partial charge in [0.2, 0.25) is 0 Å². The van der Waals surface area contributed by atoms with Crippen LogP contribution >= 0.6 is 0 Å². The molecule has 3 aromatic rings. The minimum absolute atomic E-state index is 0.00864. The van der Waals surface area contributed by atoms with Crippen LogP contribution in [0.25, 0.3) is 0 Å². The van der Waals surface area contributed by atoms with Crippen LogP contribution in [0.3, 0.4) is 0 Å². The van der Waals surface area contributed by atoms with E-state index in [4.69, 9.17) is 18.9 Å². The quantitative estimate of drug-likeness (QED) is 0.353. The molecule has 3 heterocycles. The van der Waals surface area contributed by atoms with E-state index in [9.17, 15) is 9.90 Å². The Kier molecular flexibility index (Phi) is 9.14. The van der Waals surface area contributed by atoms with Crippen molar-refractivity contribution in [2.24, 2.45) is 0 Å². The second-order valence-electron chi connectivity index (χ2n) is 11.2. The molecule has 0 bridgehead atoms. The molecule has 3 N–H and O–H groups in total. The molecule has 0 aliphatic carbocycles. The maximum atomic E-state index is 12.4. The molecule has 9 heteroatoms. The number of piperidine rings is 1. The maximum absolute atomic E-state index is 12.4. The van der Waals surface area contributed by atoms with E-state index in [0.717, 1.165) is 61.2 Å². The lowest BCUT2D eigenvalue weighted by molar-refractivity contribution is -0.255. The lowest BCUT2D eigenvalue weighted by Gasteiger charge is -2.41. The predicted molar refractivity (Wildman–Crippen MR) is 157 cm³/mol. The number of rotatable bonds is 8. The normalized spacial score (nSPS) is 24.0. The lowest BCUT2D eigenvalue weighted by atomic mass is 9.98. The molecule has 0 unspecified atom stereocenters. The molecule has 3 atom stereocenters. The number of hydrogen-bond acceptors (Lipinski definition) is 7. The first kappa shape index (κ1) is 28.8. The van der Waals surface area contributed by atoms with Crippen molar-refractivity contribution in [1.82, 2.24) is 10.2 Å². The fourth-order valence-electron chi connectivity index (χ4n) is 5.86. The number of nitrogens with zero attached hydrogens (tertiary/aromatic N) is 1. The highest BCUT2D eigenvalue weighted by molar-refractivity contribution is 5.89. The Morgan fingerprint density at radius 2 is 1.55 bits per heavy atom. The summed E-state index contributed by atoms with van der Waals surface area (Å²) < 4.78 is 24.8. The fourth-order valence-corrected chi connectivity index (χ4v) is 5.86. The van der Waals surface area contributed by atoms with Crippen molar-refractivity contribution < 1.29 is 28.8 Å². The minimum atomic E-state index is -0.551. The molecule has 222 valence electrons. The summed E-state index contributed by atoms with van der Waals surface area (Å²) in [5, 5.41) is 15.3. The molecule has 0 saturated carbocycles. The van der Waals surface area contributed by atoms with Crippen LogP contribution in [-0.4, -0.2) is 60.8 Å². The number of aliphatic hydroxyl groups is 1. The monoisotopic (exact) mass is 573 g/mol. The van der Waals surface area contributed by atoms with E-state index in [2.05, 4.69) is 15.5 Å². The molecule has 6 rings (SSSR count). The van der Waals surface area contributed by atoms with Gasteiger partial charge in [-0.2, -0.15) is 0 Å². The first-order chi connectivity index (χ1) is 20.6. The molecule has 3 aromatic carbocycles. The van der Waals surface area contributed by atoms with Gasteiger partial charge < -0.3 is 39.6 Å². The van der Waals surface area contributed by atoms with Crippen LogP contribution in [-0.2, 0) is 32.1 Å². The van der Waals surface area contributed by atoms with Crippen LogP contribution in [0.1, 0.15) is 53.9 Å². The van der Waals surface area contributed by atoms with Crippen molar-refractivity contribution in [3.63, 3.8) is 0 Å². The summed E-state index contributed by atoms with van der Waals surface area (Å²) in [6.45, 7) is 4.40. The number of urea groups is 1. The number of nitrogens with one attached hydrogen (secondary N) is 2. The first-order valence-corrected chi connectivity index (χ1v) is 14.8. The molecule has 42 heavy (non-hydrogen) atoms. The average molecular weight is 574 g/mol. The van der Waals surface area contributed by atoms with Crippen LogP contribution in [0.15, 0.2) is 78.9 Å². The largest absolute Gasteiger partial charge is 0.392 e. The van der Waals surface area contributed by atoms with Crippen molar-refractivity contribution in [2.45, 2.75) is 56.7 Å². The summed E-state index contributed by atoms with van der Waals surface area (Å²) >= 11 is 0. The zero-order chi connectivity index (χ0) is 28.8.